The first-order valence-electron chi connectivity index (χ1n) is 12.5. The first kappa shape index (κ1) is 23.0. The average Bonchev–Trinajstić information content (AvgIpc) is 3.61. The lowest BCUT2D eigenvalue weighted by Gasteiger charge is -2.44. The first-order chi connectivity index (χ1) is 16.5. The Morgan fingerprint density at radius 1 is 0.882 bits per heavy atom. The van der Waals surface area contributed by atoms with Crippen LogP contribution in [-0.2, 0) is 20.4 Å². The fourth-order valence-electron chi connectivity index (χ4n) is 6.25. The molecule has 1 amide bonds. The summed E-state index contributed by atoms with van der Waals surface area (Å²) in [7, 11) is 0. The van der Waals surface area contributed by atoms with Crippen molar-refractivity contribution in [1.82, 2.24) is 9.80 Å². The van der Waals surface area contributed by atoms with Gasteiger partial charge < -0.3 is 14.9 Å². The van der Waals surface area contributed by atoms with Crippen molar-refractivity contribution in [1.29, 1.82) is 0 Å². The molecule has 2 aliphatic heterocycles. The van der Waals surface area contributed by atoms with Crippen molar-refractivity contribution >= 4 is 11.9 Å². The molecule has 2 aromatic rings. The summed E-state index contributed by atoms with van der Waals surface area (Å²) in [6.07, 6.45) is 5.40. The number of hydrogen-bond acceptors (Lipinski definition) is 3. The molecule has 0 spiro atoms. The largest absolute Gasteiger partial charge is 0.481 e. The summed E-state index contributed by atoms with van der Waals surface area (Å²) in [6.45, 7) is 3.91. The number of carboxylic acid groups (broad SMARTS) is 1. The number of piperidine rings is 2. The van der Waals surface area contributed by atoms with Gasteiger partial charge in [-0.15, -0.1) is 0 Å². The van der Waals surface area contributed by atoms with Gasteiger partial charge in [0.15, 0.2) is 0 Å². The molecule has 5 nitrogen and oxygen atoms in total. The minimum absolute atomic E-state index is 0.00233. The van der Waals surface area contributed by atoms with Crippen LogP contribution in [0.2, 0.25) is 0 Å². The Balaban J connectivity index is 1.30. The fraction of sp³-hybridized carbons (Fsp3) is 0.500. The second kappa shape index (κ2) is 9.14. The molecule has 6 heteroatoms. The van der Waals surface area contributed by atoms with E-state index in [-0.39, 0.29) is 17.6 Å². The summed E-state index contributed by atoms with van der Waals surface area (Å²) in [5.74, 6) is -0.929. The molecule has 0 unspecified atom stereocenters. The molecule has 34 heavy (non-hydrogen) atoms. The molecule has 2 heterocycles. The van der Waals surface area contributed by atoms with Crippen molar-refractivity contribution < 1.29 is 19.1 Å². The average molecular weight is 465 g/mol. The summed E-state index contributed by atoms with van der Waals surface area (Å²) in [5.41, 5.74) is 0.357. The topological polar surface area (TPSA) is 60.9 Å². The number of amides is 1. The zero-order valence-corrected chi connectivity index (χ0v) is 19.6. The normalized spacial score (nSPS) is 26.7. The Hall–Kier alpha value is -2.73. The maximum absolute atomic E-state index is 13.8. The number of halogens is 1. The van der Waals surface area contributed by atoms with Crippen LogP contribution in [0.25, 0.3) is 0 Å². The highest BCUT2D eigenvalue weighted by molar-refractivity contribution is 5.88. The zero-order chi connectivity index (χ0) is 23.8. The predicted octanol–water partition coefficient (Wildman–Crippen LogP) is 4.21. The number of likely N-dealkylation sites (tertiary alicyclic amines) is 2. The van der Waals surface area contributed by atoms with Gasteiger partial charge in [0.25, 0.3) is 0 Å². The smallest absolute Gasteiger partial charge is 0.314 e. The van der Waals surface area contributed by atoms with Crippen molar-refractivity contribution in [2.24, 2.45) is 5.92 Å². The van der Waals surface area contributed by atoms with E-state index in [9.17, 15) is 19.1 Å². The Kier molecular flexibility index (Phi) is 6.19. The van der Waals surface area contributed by atoms with Gasteiger partial charge in [-0.3, -0.25) is 9.59 Å². The molecule has 3 aliphatic rings. The lowest BCUT2D eigenvalue weighted by Crippen LogP contribution is -2.54. The maximum Gasteiger partial charge on any atom is 0.314 e. The van der Waals surface area contributed by atoms with Gasteiger partial charge >= 0.3 is 5.97 Å². The van der Waals surface area contributed by atoms with Crippen LogP contribution >= 0.6 is 0 Å². The number of benzene rings is 2. The van der Waals surface area contributed by atoms with E-state index in [1.807, 2.05) is 18.2 Å². The Bertz CT molecular complexity index is 1030. The molecule has 0 aromatic heterocycles. The summed E-state index contributed by atoms with van der Waals surface area (Å²) in [4.78, 5) is 30.4. The molecular weight excluding hydrogens is 431 g/mol. The third-order valence-corrected chi connectivity index (χ3v) is 8.41. The van der Waals surface area contributed by atoms with Crippen molar-refractivity contribution in [3.8, 4) is 0 Å². The number of hydrogen-bond donors (Lipinski definition) is 1. The van der Waals surface area contributed by atoms with Gasteiger partial charge in [-0.1, -0.05) is 42.5 Å². The molecule has 2 saturated heterocycles. The molecule has 0 bridgehead atoms. The van der Waals surface area contributed by atoms with E-state index in [2.05, 4.69) is 21.9 Å². The van der Waals surface area contributed by atoms with E-state index < -0.39 is 16.8 Å². The lowest BCUT2D eigenvalue weighted by atomic mass is 9.71. The standard InChI is InChI=1S/C28H33FN2O3/c29-24-11-9-22(10-12-24)28(26(33)34)19-23(28)20-30-17-13-27(14-18-30,21-7-3-1-4-8-21)25(32)31-15-5-2-6-16-31/h1,3-4,7-12,23H,2,5-6,13-20H2,(H,33,34)/t23-,28+/m0/s1. The SMILES string of the molecule is O=C(N1CCCCC1)C1(c2ccccc2)CCN(C[C@@H]2C[C@@]2(C(=O)O)c2ccc(F)cc2)CC1. The summed E-state index contributed by atoms with van der Waals surface area (Å²) >= 11 is 0. The molecule has 1 saturated carbocycles. The van der Waals surface area contributed by atoms with Crippen molar-refractivity contribution in [2.45, 2.75) is 49.4 Å². The number of aliphatic carboxylic acids is 1. The van der Waals surface area contributed by atoms with Gasteiger partial charge in [0.2, 0.25) is 5.91 Å². The molecular formula is C28H33FN2O3. The van der Waals surface area contributed by atoms with Crippen LogP contribution in [0.3, 0.4) is 0 Å². The number of nitrogens with zero attached hydrogens (tertiary/aromatic N) is 2. The van der Waals surface area contributed by atoms with Crippen molar-refractivity contribution in [3.63, 3.8) is 0 Å². The molecule has 3 fully saturated rings. The highest BCUT2D eigenvalue weighted by atomic mass is 19.1. The van der Waals surface area contributed by atoms with Crippen LogP contribution < -0.4 is 0 Å². The number of rotatable bonds is 6. The fourth-order valence-corrected chi connectivity index (χ4v) is 6.25. The number of carbonyl (C=O) groups excluding carboxylic acids is 1. The predicted molar refractivity (Wildman–Crippen MR) is 128 cm³/mol. The molecule has 180 valence electrons. The Morgan fingerprint density at radius 3 is 2.15 bits per heavy atom. The van der Waals surface area contributed by atoms with Crippen LogP contribution in [0, 0.1) is 11.7 Å². The van der Waals surface area contributed by atoms with Crippen molar-refractivity contribution in [3.05, 3.63) is 71.5 Å². The third-order valence-electron chi connectivity index (χ3n) is 8.41. The molecule has 0 radical (unpaired) electrons. The van der Waals surface area contributed by atoms with Gasteiger partial charge in [-0.05, 0) is 80.8 Å². The van der Waals surface area contributed by atoms with Gasteiger partial charge in [0.05, 0.1) is 10.8 Å². The van der Waals surface area contributed by atoms with E-state index in [1.165, 1.54) is 18.6 Å². The van der Waals surface area contributed by atoms with Crippen LogP contribution in [-0.4, -0.2) is 59.5 Å². The quantitative estimate of drug-likeness (QED) is 0.696. The summed E-state index contributed by atoms with van der Waals surface area (Å²) in [6, 6.07) is 16.1. The van der Waals surface area contributed by atoms with E-state index >= 15 is 0 Å². The van der Waals surface area contributed by atoms with Gasteiger partial charge in [-0.25, -0.2) is 4.39 Å². The number of carboxylic acids is 1. The second-order valence-corrected chi connectivity index (χ2v) is 10.3. The van der Waals surface area contributed by atoms with E-state index in [4.69, 9.17) is 0 Å². The summed E-state index contributed by atoms with van der Waals surface area (Å²) < 4.78 is 13.4. The second-order valence-electron chi connectivity index (χ2n) is 10.3. The molecule has 1 N–H and O–H groups in total. The van der Waals surface area contributed by atoms with Crippen LogP contribution in [0.1, 0.15) is 49.7 Å². The Morgan fingerprint density at radius 2 is 1.53 bits per heavy atom. The van der Waals surface area contributed by atoms with E-state index in [1.54, 1.807) is 12.1 Å². The van der Waals surface area contributed by atoms with Gasteiger partial charge in [-0.2, -0.15) is 0 Å². The zero-order valence-electron chi connectivity index (χ0n) is 19.6. The van der Waals surface area contributed by atoms with E-state index in [0.29, 0.717) is 18.5 Å². The summed E-state index contributed by atoms with van der Waals surface area (Å²) in [5, 5.41) is 10.0. The van der Waals surface area contributed by atoms with E-state index in [0.717, 1.165) is 57.4 Å². The maximum atomic E-state index is 13.8. The van der Waals surface area contributed by atoms with Gasteiger partial charge in [0, 0.05) is 19.6 Å². The first-order valence-corrected chi connectivity index (χ1v) is 12.5. The highest BCUT2D eigenvalue weighted by Gasteiger charge is 2.62. The monoisotopic (exact) mass is 464 g/mol. The minimum Gasteiger partial charge on any atom is -0.481 e. The van der Waals surface area contributed by atoms with Gasteiger partial charge in [0.1, 0.15) is 5.82 Å². The lowest BCUT2D eigenvalue weighted by molar-refractivity contribution is -0.140. The molecule has 2 aromatic carbocycles. The minimum atomic E-state index is -0.925. The Labute approximate surface area is 200 Å². The molecule has 2 atom stereocenters. The number of carbonyl (C=O) groups is 2. The molecule has 5 rings (SSSR count). The van der Waals surface area contributed by atoms with Crippen LogP contribution in [0.4, 0.5) is 4.39 Å². The highest BCUT2D eigenvalue weighted by Crippen LogP contribution is 2.55. The van der Waals surface area contributed by atoms with Crippen LogP contribution in [0.15, 0.2) is 54.6 Å². The molecule has 1 aliphatic carbocycles. The van der Waals surface area contributed by atoms with Crippen LogP contribution in [0.5, 0.6) is 0 Å². The third kappa shape index (κ3) is 4.02. The van der Waals surface area contributed by atoms with Crippen molar-refractivity contribution in [2.75, 3.05) is 32.7 Å².